The third-order valence-corrected chi connectivity index (χ3v) is 4.00. The number of para-hydroxylation sites is 1. The van der Waals surface area contributed by atoms with Crippen LogP contribution in [0, 0.1) is 0 Å². The van der Waals surface area contributed by atoms with Gasteiger partial charge in [0.2, 0.25) is 5.52 Å². The van der Waals surface area contributed by atoms with Crippen molar-refractivity contribution in [2.45, 2.75) is 0 Å². The van der Waals surface area contributed by atoms with Gasteiger partial charge in [0.05, 0.1) is 10.8 Å². The average Bonchev–Trinajstić information content (AvgIpc) is 2.88. The number of aromatic carboxylic acids is 1. The van der Waals surface area contributed by atoms with Gasteiger partial charge in [-0.05, 0) is 29.1 Å². The second-order valence-electron chi connectivity index (χ2n) is 4.39. The summed E-state index contributed by atoms with van der Waals surface area (Å²) in [6.45, 7) is 0. The first kappa shape index (κ1) is 11.9. The van der Waals surface area contributed by atoms with Crippen molar-refractivity contribution in [3.05, 3.63) is 52.9 Å². The molecule has 3 rings (SSSR count). The SMILES string of the molecule is C[n+]1cc(-c2csc(C(=O)[O-])c2)cc2ccccc21. The molecule has 2 aromatic heterocycles. The summed E-state index contributed by atoms with van der Waals surface area (Å²) >= 11 is 1.19. The number of thiophene rings is 1. The Kier molecular flexibility index (Phi) is 2.80. The second kappa shape index (κ2) is 4.48. The Hall–Kier alpha value is -2.20. The van der Waals surface area contributed by atoms with Crippen LogP contribution in [0.15, 0.2) is 48.0 Å². The summed E-state index contributed by atoms with van der Waals surface area (Å²) in [6, 6.07) is 11.8. The van der Waals surface area contributed by atoms with Crippen LogP contribution in [0.1, 0.15) is 9.67 Å². The number of fused-ring (bicyclic) bond motifs is 1. The number of carbonyl (C=O) groups excluding carboxylic acids is 1. The summed E-state index contributed by atoms with van der Waals surface area (Å²) in [7, 11) is 1.98. The molecule has 0 spiro atoms. The molecule has 94 valence electrons. The predicted octanol–water partition coefficient (Wildman–Crippen LogP) is 1.76. The third-order valence-electron chi connectivity index (χ3n) is 3.09. The summed E-state index contributed by atoms with van der Waals surface area (Å²) in [5.74, 6) is -1.12. The lowest BCUT2D eigenvalue weighted by Gasteiger charge is -2.01. The highest BCUT2D eigenvalue weighted by Gasteiger charge is 2.10. The van der Waals surface area contributed by atoms with E-state index in [4.69, 9.17) is 0 Å². The highest BCUT2D eigenvalue weighted by Crippen LogP contribution is 2.26. The molecule has 1 aromatic carbocycles. The minimum absolute atomic E-state index is 0.255. The monoisotopic (exact) mass is 269 g/mol. The molecule has 0 N–H and O–H groups in total. The Balaban J connectivity index is 2.16. The van der Waals surface area contributed by atoms with Crippen molar-refractivity contribution >= 4 is 28.2 Å². The van der Waals surface area contributed by atoms with Crippen molar-refractivity contribution < 1.29 is 14.5 Å². The maximum Gasteiger partial charge on any atom is 0.212 e. The molecular formula is C15H11NO2S. The molecule has 3 aromatic rings. The van der Waals surface area contributed by atoms with Gasteiger partial charge in [0, 0.05) is 17.0 Å². The molecule has 2 heterocycles. The zero-order chi connectivity index (χ0) is 13.4. The van der Waals surface area contributed by atoms with Crippen molar-refractivity contribution in [1.82, 2.24) is 0 Å². The molecule has 0 saturated heterocycles. The molecule has 0 unspecified atom stereocenters. The van der Waals surface area contributed by atoms with E-state index in [0.717, 1.165) is 22.0 Å². The lowest BCUT2D eigenvalue weighted by Crippen LogP contribution is -2.28. The van der Waals surface area contributed by atoms with Gasteiger partial charge in [-0.25, -0.2) is 4.57 Å². The van der Waals surface area contributed by atoms with E-state index in [0.29, 0.717) is 0 Å². The van der Waals surface area contributed by atoms with Crippen LogP contribution >= 0.6 is 11.3 Å². The van der Waals surface area contributed by atoms with Gasteiger partial charge >= 0.3 is 0 Å². The number of pyridine rings is 1. The highest BCUT2D eigenvalue weighted by atomic mass is 32.1. The molecule has 0 amide bonds. The predicted molar refractivity (Wildman–Crippen MR) is 72.8 cm³/mol. The standard InChI is InChI=1S/C15H11NO2S/c1-16-8-11(6-10-4-2-3-5-13(10)16)12-7-14(15(17)18)19-9-12/h2-9H,1H3. The lowest BCUT2D eigenvalue weighted by atomic mass is 10.1. The highest BCUT2D eigenvalue weighted by molar-refractivity contribution is 7.12. The number of nitrogens with zero attached hydrogens (tertiary/aromatic N) is 1. The van der Waals surface area contributed by atoms with Crippen molar-refractivity contribution in [2.75, 3.05) is 0 Å². The first-order valence-electron chi connectivity index (χ1n) is 5.84. The molecule has 0 bridgehead atoms. The Labute approximate surface area is 114 Å². The maximum atomic E-state index is 10.8. The number of hydrogen-bond acceptors (Lipinski definition) is 3. The Morgan fingerprint density at radius 2 is 2.00 bits per heavy atom. The van der Waals surface area contributed by atoms with Crippen molar-refractivity contribution in [3.8, 4) is 11.1 Å². The molecule has 0 aliphatic carbocycles. The molecule has 0 fully saturated rings. The van der Waals surface area contributed by atoms with E-state index in [-0.39, 0.29) is 4.88 Å². The van der Waals surface area contributed by atoms with E-state index >= 15 is 0 Å². The normalized spacial score (nSPS) is 10.8. The van der Waals surface area contributed by atoms with E-state index in [2.05, 4.69) is 12.1 Å². The summed E-state index contributed by atoms with van der Waals surface area (Å²) in [6.07, 6.45) is 2.00. The topological polar surface area (TPSA) is 44.0 Å². The fourth-order valence-corrected chi connectivity index (χ4v) is 2.92. The summed E-state index contributed by atoms with van der Waals surface area (Å²) in [4.78, 5) is 11.1. The zero-order valence-corrected chi connectivity index (χ0v) is 11.1. The van der Waals surface area contributed by atoms with E-state index in [9.17, 15) is 9.90 Å². The molecule has 4 heteroatoms. The van der Waals surface area contributed by atoms with E-state index < -0.39 is 5.97 Å². The van der Waals surface area contributed by atoms with Crippen molar-refractivity contribution in [1.29, 1.82) is 0 Å². The second-order valence-corrected chi connectivity index (χ2v) is 5.30. The first-order chi connectivity index (χ1) is 9.15. The Morgan fingerprint density at radius 3 is 2.74 bits per heavy atom. The van der Waals surface area contributed by atoms with Crippen LogP contribution in [0.2, 0.25) is 0 Å². The number of hydrogen-bond donors (Lipinski definition) is 0. The van der Waals surface area contributed by atoms with Crippen LogP contribution in [0.3, 0.4) is 0 Å². The lowest BCUT2D eigenvalue weighted by molar-refractivity contribution is -0.644. The van der Waals surface area contributed by atoms with E-state index in [1.165, 1.54) is 11.3 Å². The van der Waals surface area contributed by atoms with Gasteiger partial charge in [0.1, 0.15) is 7.05 Å². The molecule has 19 heavy (non-hydrogen) atoms. The van der Waals surface area contributed by atoms with Gasteiger partial charge in [-0.2, -0.15) is 0 Å². The largest absolute Gasteiger partial charge is 0.544 e. The van der Waals surface area contributed by atoms with Crippen molar-refractivity contribution in [2.24, 2.45) is 7.05 Å². The third kappa shape index (κ3) is 2.11. The Bertz CT molecular complexity index is 777. The van der Waals surface area contributed by atoms with Crippen LogP contribution in [0.5, 0.6) is 0 Å². The molecule has 0 aliphatic rings. The first-order valence-corrected chi connectivity index (χ1v) is 6.72. The number of aryl methyl sites for hydroxylation is 1. The number of rotatable bonds is 2. The number of aromatic nitrogens is 1. The maximum absolute atomic E-state index is 10.8. The minimum atomic E-state index is -1.12. The minimum Gasteiger partial charge on any atom is -0.544 e. The summed E-state index contributed by atoms with van der Waals surface area (Å²) < 4.78 is 2.04. The van der Waals surface area contributed by atoms with Gasteiger partial charge < -0.3 is 9.90 Å². The fraction of sp³-hybridized carbons (Fsp3) is 0.0667. The molecule has 0 saturated carbocycles. The average molecular weight is 269 g/mol. The van der Waals surface area contributed by atoms with Crippen LogP contribution in [0.25, 0.3) is 22.0 Å². The van der Waals surface area contributed by atoms with Gasteiger partial charge in [-0.3, -0.25) is 0 Å². The van der Waals surface area contributed by atoms with Crippen LogP contribution in [-0.2, 0) is 7.05 Å². The number of carbonyl (C=O) groups is 1. The van der Waals surface area contributed by atoms with Crippen LogP contribution < -0.4 is 9.67 Å². The molecule has 0 atom stereocenters. The van der Waals surface area contributed by atoms with Crippen LogP contribution in [-0.4, -0.2) is 5.97 Å². The molecule has 0 radical (unpaired) electrons. The quantitative estimate of drug-likeness (QED) is 0.665. The van der Waals surface area contributed by atoms with Gasteiger partial charge in [-0.1, -0.05) is 12.1 Å². The van der Waals surface area contributed by atoms with E-state index in [1.807, 2.05) is 41.4 Å². The van der Waals surface area contributed by atoms with Gasteiger partial charge in [0.25, 0.3) is 0 Å². The zero-order valence-electron chi connectivity index (χ0n) is 10.3. The molecular weight excluding hydrogens is 258 g/mol. The van der Waals surface area contributed by atoms with Crippen LogP contribution in [0.4, 0.5) is 0 Å². The molecule has 3 nitrogen and oxygen atoms in total. The number of benzene rings is 1. The summed E-state index contributed by atoms with van der Waals surface area (Å²) in [5, 5.41) is 13.8. The van der Waals surface area contributed by atoms with E-state index in [1.54, 1.807) is 6.07 Å². The summed E-state index contributed by atoms with van der Waals surface area (Å²) in [5.41, 5.74) is 3.05. The number of carboxylic acid groups (broad SMARTS) is 1. The smallest absolute Gasteiger partial charge is 0.212 e. The molecule has 0 aliphatic heterocycles. The Morgan fingerprint density at radius 1 is 1.21 bits per heavy atom. The fourth-order valence-electron chi connectivity index (χ4n) is 2.17. The van der Waals surface area contributed by atoms with Gasteiger partial charge in [0.15, 0.2) is 6.20 Å². The van der Waals surface area contributed by atoms with Gasteiger partial charge in [-0.15, -0.1) is 11.3 Å². The number of carboxylic acids is 1. The van der Waals surface area contributed by atoms with Crippen molar-refractivity contribution in [3.63, 3.8) is 0 Å².